The van der Waals surface area contributed by atoms with E-state index in [1.807, 2.05) is 0 Å². The first-order valence-corrected chi connectivity index (χ1v) is 8.51. The number of carboxylic acid groups (broad SMARTS) is 4. The summed E-state index contributed by atoms with van der Waals surface area (Å²) in [6.45, 7) is 0. The smallest absolute Gasteiger partial charge is 0.466 e. The number of phosphoric acid groups is 1. The summed E-state index contributed by atoms with van der Waals surface area (Å²) in [5, 5.41) is 47.3. The molecule has 0 fully saturated rings. The minimum Gasteiger partial charge on any atom is -0.479 e. The maximum Gasteiger partial charge on any atom is 0.466 e. The lowest BCUT2D eigenvalue weighted by molar-refractivity contribution is -0.165. The Morgan fingerprint density at radius 2 is 0.889 bits per heavy atom. The number of aliphatic hydroxyl groups is 2. The molecule has 0 aliphatic heterocycles. The number of aliphatic carboxylic acids is 4. The fourth-order valence-electron chi connectivity index (χ4n) is 0.270. The highest BCUT2D eigenvalue weighted by Crippen LogP contribution is 2.25. The molecule has 17 nitrogen and oxygen atoms in total. The van der Waals surface area contributed by atoms with Crippen molar-refractivity contribution in [1.82, 2.24) is 0 Å². The first-order valence-electron chi connectivity index (χ1n) is 5.09. The van der Waals surface area contributed by atoms with E-state index in [0.29, 0.717) is 6.26 Å². The van der Waals surface area contributed by atoms with Crippen molar-refractivity contribution in [3.8, 4) is 0 Å². The van der Waals surface area contributed by atoms with Crippen LogP contribution in [0, 0.1) is 0 Å². The van der Waals surface area contributed by atoms with Crippen LogP contribution in [-0.2, 0) is 33.9 Å². The van der Waals surface area contributed by atoms with Gasteiger partial charge in [-0.25, -0.2) is 23.7 Å². The highest BCUT2D eigenvalue weighted by molar-refractivity contribution is 7.85. The Morgan fingerprint density at radius 3 is 0.926 bits per heavy atom. The van der Waals surface area contributed by atoms with Crippen molar-refractivity contribution in [3.05, 3.63) is 0 Å². The van der Waals surface area contributed by atoms with Crippen LogP contribution in [0.2, 0.25) is 0 Å². The molecule has 0 heterocycles. The van der Waals surface area contributed by atoms with Crippen LogP contribution in [0.4, 0.5) is 0 Å². The van der Waals surface area contributed by atoms with E-state index >= 15 is 0 Å². The van der Waals surface area contributed by atoms with Gasteiger partial charge in [0.2, 0.25) is 0 Å². The second-order valence-corrected chi connectivity index (χ2v) is 5.92. The van der Waals surface area contributed by atoms with E-state index in [0.717, 1.165) is 0 Å². The van der Waals surface area contributed by atoms with Crippen molar-refractivity contribution in [3.63, 3.8) is 0 Å². The monoisotopic (exact) mass is 470 g/mol. The summed E-state index contributed by atoms with van der Waals surface area (Å²) < 4.78 is 34.8. The van der Waals surface area contributed by atoms with Gasteiger partial charge in [-0.1, -0.05) is 0 Å². The second kappa shape index (κ2) is 16.3. The number of halogens is 1. The van der Waals surface area contributed by atoms with Crippen LogP contribution in [0.1, 0.15) is 0 Å². The van der Waals surface area contributed by atoms with Crippen molar-refractivity contribution in [2.24, 2.45) is 0 Å². The van der Waals surface area contributed by atoms with Gasteiger partial charge in [-0.2, -0.15) is 8.42 Å². The zero-order chi connectivity index (χ0) is 22.5. The van der Waals surface area contributed by atoms with E-state index in [1.54, 1.807) is 0 Å². The van der Waals surface area contributed by atoms with E-state index in [4.69, 9.17) is 64.0 Å². The van der Waals surface area contributed by atoms with Crippen LogP contribution >= 0.6 is 20.2 Å². The maximum absolute atomic E-state index is 9.77. The number of carbonyl (C=O) groups is 4. The molecule has 0 bridgehead atoms. The van der Waals surface area contributed by atoms with Crippen LogP contribution in [-0.4, -0.2) is 101 Å². The highest BCUT2D eigenvalue weighted by Gasteiger charge is 2.29. The van der Waals surface area contributed by atoms with Crippen molar-refractivity contribution < 1.29 is 82.0 Å². The van der Waals surface area contributed by atoms with E-state index in [-0.39, 0.29) is 12.4 Å². The number of hydrogen-bond acceptors (Lipinski definition) is 9. The van der Waals surface area contributed by atoms with Gasteiger partial charge < -0.3 is 45.3 Å². The third-order valence-electron chi connectivity index (χ3n) is 0.988. The van der Waals surface area contributed by atoms with E-state index in [2.05, 4.69) is 0 Å². The van der Waals surface area contributed by atoms with Crippen molar-refractivity contribution in [2.75, 3.05) is 6.26 Å². The first kappa shape index (κ1) is 36.1. The van der Waals surface area contributed by atoms with Gasteiger partial charge in [-0.15, -0.1) is 12.4 Å². The Bertz CT molecular complexity index is 575. The molecule has 10 N–H and O–H groups in total. The molecule has 20 heteroatoms. The van der Waals surface area contributed by atoms with E-state index < -0.39 is 54.0 Å². The molecule has 2 atom stereocenters. The molecular weight excluding hydrogens is 455 g/mol. The van der Waals surface area contributed by atoms with Gasteiger partial charge in [0.15, 0.2) is 12.2 Å². The quantitative estimate of drug-likeness (QED) is 0.107. The Kier molecular flexibility index (Phi) is 21.8. The predicted octanol–water partition coefficient (Wildman–Crippen LogP) is -3.97. The number of rotatable bonds is 3. The molecule has 0 aliphatic carbocycles. The standard InChI is InChI=1S/C4H6O6.C2H2O4.CH4O3S.ClH.H3O4P/c5-1(3(7)8)2(6)4(9)10;3-1(4)2(5)6;1-5(2,3)4;;1-5(2,3)4/h1-2,5-6H,(H,7,8)(H,9,10);(H,3,4)(H,5,6);1H3,(H,2,3,4);1H;(H3,1,2,3,4). The molecule has 0 rings (SSSR count). The van der Waals surface area contributed by atoms with Crippen molar-refractivity contribution >= 4 is 54.2 Å². The van der Waals surface area contributed by atoms with Crippen molar-refractivity contribution in [2.45, 2.75) is 12.2 Å². The summed E-state index contributed by atoms with van der Waals surface area (Å²) in [6, 6.07) is 0. The Morgan fingerprint density at radius 1 is 0.778 bits per heavy atom. The topological polar surface area (TPSA) is 322 Å². The molecule has 0 aromatic carbocycles. The molecule has 0 aromatic heterocycles. The van der Waals surface area contributed by atoms with Gasteiger partial charge in [0, 0.05) is 0 Å². The average molecular weight is 471 g/mol. The van der Waals surface area contributed by atoms with Crippen LogP contribution in [0.3, 0.4) is 0 Å². The molecule has 0 aromatic rings. The van der Waals surface area contributed by atoms with Crippen LogP contribution < -0.4 is 0 Å². The van der Waals surface area contributed by atoms with E-state index in [1.165, 1.54) is 0 Å². The largest absolute Gasteiger partial charge is 0.479 e. The minimum absolute atomic E-state index is 0. The number of carboxylic acids is 4. The van der Waals surface area contributed by atoms with Gasteiger partial charge in [-0.3, -0.25) is 4.55 Å². The maximum atomic E-state index is 9.77. The normalized spacial score (nSPS) is 11.8. The minimum atomic E-state index is -4.64. The zero-order valence-corrected chi connectivity index (χ0v) is 15.3. The van der Waals surface area contributed by atoms with Crippen LogP contribution in [0.15, 0.2) is 0 Å². The molecule has 0 amide bonds. The molecule has 0 saturated carbocycles. The zero-order valence-electron chi connectivity index (χ0n) is 12.7. The predicted molar refractivity (Wildman–Crippen MR) is 81.5 cm³/mol. The second-order valence-electron chi connectivity index (χ2n) is 3.42. The lowest BCUT2D eigenvalue weighted by Crippen LogP contribution is -2.39. The molecule has 27 heavy (non-hydrogen) atoms. The van der Waals surface area contributed by atoms with Gasteiger partial charge >= 0.3 is 31.7 Å². The first-order chi connectivity index (χ1) is 11.1. The summed E-state index contributed by atoms with van der Waals surface area (Å²) in [5.74, 6) is -7.19. The molecule has 2 unspecified atom stereocenters. The summed E-state index contributed by atoms with van der Waals surface area (Å²) >= 11 is 0. The summed E-state index contributed by atoms with van der Waals surface area (Å²) in [4.78, 5) is 59.3. The SMILES string of the molecule is CS(=O)(=O)O.Cl.O=C(O)C(=O)O.O=C(O)C(O)C(O)C(=O)O.O=P(O)(O)O. The molecule has 0 saturated heterocycles. The number of hydrogen-bond donors (Lipinski definition) is 10. The van der Waals surface area contributed by atoms with Crippen LogP contribution in [0.5, 0.6) is 0 Å². The van der Waals surface area contributed by atoms with E-state index in [9.17, 15) is 18.0 Å². The molecular formula is C7H16ClO17PS. The fraction of sp³-hybridized carbons (Fsp3) is 0.429. The molecule has 0 aliphatic rings. The van der Waals surface area contributed by atoms with Crippen LogP contribution in [0.25, 0.3) is 0 Å². The van der Waals surface area contributed by atoms with Crippen molar-refractivity contribution in [1.29, 1.82) is 0 Å². The van der Waals surface area contributed by atoms with Gasteiger partial charge in [-0.05, 0) is 0 Å². The molecule has 164 valence electrons. The summed E-state index contributed by atoms with van der Waals surface area (Å²) in [6.07, 6.45) is -3.82. The Labute approximate surface area is 155 Å². The number of aliphatic hydroxyl groups excluding tert-OH is 2. The third-order valence-corrected chi connectivity index (χ3v) is 0.988. The van der Waals surface area contributed by atoms with Gasteiger partial charge in [0.05, 0.1) is 6.26 Å². The van der Waals surface area contributed by atoms with Gasteiger partial charge in [0.1, 0.15) is 0 Å². The third kappa shape index (κ3) is 59.2. The summed E-state index contributed by atoms with van der Waals surface area (Å²) in [7, 11) is -8.31. The summed E-state index contributed by atoms with van der Waals surface area (Å²) in [5.41, 5.74) is 0. The van der Waals surface area contributed by atoms with Gasteiger partial charge in [0.25, 0.3) is 10.1 Å². The average Bonchev–Trinajstić information content (AvgIpc) is 2.33. The molecule has 0 spiro atoms. The lowest BCUT2D eigenvalue weighted by Gasteiger charge is -2.07. The Hall–Kier alpha value is -1.89. The molecule has 0 radical (unpaired) electrons. The lowest BCUT2D eigenvalue weighted by atomic mass is 10.2. The fourth-order valence-corrected chi connectivity index (χ4v) is 0.270. The highest BCUT2D eigenvalue weighted by atomic mass is 35.5. The Balaban J connectivity index is -0.0000000830.